The molecular formula is C23H19ClN2O3S2. The van der Waals surface area contributed by atoms with Crippen LogP contribution in [-0.2, 0) is 20.9 Å². The number of halogens is 1. The first-order chi connectivity index (χ1) is 15.0. The average molecular weight is 471 g/mol. The molecule has 2 amide bonds. The molecule has 0 aliphatic carbocycles. The number of thioether (sulfide) groups is 1. The van der Waals surface area contributed by atoms with Crippen LogP contribution in [0.2, 0.25) is 5.02 Å². The maximum Gasteiger partial charge on any atom is 0.267 e. The number of benzene rings is 2. The molecule has 5 rings (SSSR count). The molecule has 158 valence electrons. The van der Waals surface area contributed by atoms with Crippen molar-refractivity contribution in [2.45, 2.75) is 25.5 Å². The van der Waals surface area contributed by atoms with Crippen LogP contribution in [0.25, 0.3) is 5.57 Å². The third-order valence-electron chi connectivity index (χ3n) is 5.66. The molecule has 3 aliphatic rings. The quantitative estimate of drug-likeness (QED) is 0.481. The molecule has 2 saturated heterocycles. The van der Waals surface area contributed by atoms with Crippen LogP contribution < -0.4 is 4.90 Å². The molecule has 1 atom stereocenters. The van der Waals surface area contributed by atoms with Crippen LogP contribution in [0.5, 0.6) is 0 Å². The highest BCUT2D eigenvalue weighted by atomic mass is 35.5. The van der Waals surface area contributed by atoms with E-state index in [2.05, 4.69) is 0 Å². The Balaban J connectivity index is 1.49. The number of fused-ring (bicyclic) bond motifs is 1. The van der Waals surface area contributed by atoms with E-state index in [0.29, 0.717) is 39.5 Å². The molecule has 3 aliphatic heterocycles. The van der Waals surface area contributed by atoms with E-state index in [1.165, 1.54) is 11.8 Å². The molecule has 2 aromatic carbocycles. The number of hydrogen-bond acceptors (Lipinski definition) is 5. The van der Waals surface area contributed by atoms with E-state index in [4.69, 9.17) is 28.6 Å². The van der Waals surface area contributed by atoms with Gasteiger partial charge in [0.25, 0.3) is 11.8 Å². The predicted molar refractivity (Wildman–Crippen MR) is 127 cm³/mol. The Morgan fingerprint density at radius 1 is 1.06 bits per heavy atom. The first kappa shape index (κ1) is 20.7. The standard InChI is InChI=1S/C23H19ClN2O3S2/c24-15-9-7-14(8-10-15)12-25-18-6-2-1-5-17(18)19(21(25)27)20-22(28)26(23(30)31-20)13-16-4-3-11-29-16/h1-2,5-10,16H,3-4,11-13H2. The zero-order valence-corrected chi connectivity index (χ0v) is 18.9. The minimum Gasteiger partial charge on any atom is -0.376 e. The smallest absolute Gasteiger partial charge is 0.267 e. The summed E-state index contributed by atoms with van der Waals surface area (Å²) in [5, 5.41) is 0.646. The summed E-state index contributed by atoms with van der Waals surface area (Å²) in [6, 6.07) is 15.0. The Labute approximate surface area is 195 Å². The number of rotatable bonds is 4. The van der Waals surface area contributed by atoms with Crippen LogP contribution >= 0.6 is 35.6 Å². The van der Waals surface area contributed by atoms with Crippen LogP contribution in [0, 0.1) is 0 Å². The first-order valence-corrected chi connectivity index (χ1v) is 11.7. The Kier molecular flexibility index (Phi) is 5.60. The van der Waals surface area contributed by atoms with Gasteiger partial charge in [-0.1, -0.05) is 65.9 Å². The van der Waals surface area contributed by atoms with Crippen molar-refractivity contribution in [1.82, 2.24) is 4.90 Å². The third-order valence-corrected chi connectivity index (χ3v) is 7.36. The number of nitrogens with zero attached hydrogens (tertiary/aromatic N) is 2. The minimum atomic E-state index is -0.211. The van der Waals surface area contributed by atoms with Crippen LogP contribution in [0.3, 0.4) is 0 Å². The predicted octanol–water partition coefficient (Wildman–Crippen LogP) is 4.64. The fourth-order valence-corrected chi connectivity index (χ4v) is 5.60. The first-order valence-electron chi connectivity index (χ1n) is 10.1. The van der Waals surface area contributed by atoms with E-state index in [-0.39, 0.29) is 17.9 Å². The van der Waals surface area contributed by atoms with Gasteiger partial charge in [-0.3, -0.25) is 14.5 Å². The number of carbonyl (C=O) groups is 2. The van der Waals surface area contributed by atoms with Gasteiger partial charge in [-0.2, -0.15) is 0 Å². The molecule has 2 fully saturated rings. The monoisotopic (exact) mass is 470 g/mol. The Morgan fingerprint density at radius 2 is 1.84 bits per heavy atom. The Morgan fingerprint density at radius 3 is 2.58 bits per heavy atom. The lowest BCUT2D eigenvalue weighted by atomic mass is 10.1. The molecule has 31 heavy (non-hydrogen) atoms. The number of anilines is 1. The number of carbonyl (C=O) groups excluding carboxylic acids is 2. The lowest BCUT2D eigenvalue weighted by Gasteiger charge is -2.18. The van der Waals surface area contributed by atoms with Gasteiger partial charge >= 0.3 is 0 Å². The molecule has 0 saturated carbocycles. The zero-order valence-electron chi connectivity index (χ0n) is 16.5. The largest absolute Gasteiger partial charge is 0.376 e. The summed E-state index contributed by atoms with van der Waals surface area (Å²) in [5.74, 6) is -0.397. The second-order valence-electron chi connectivity index (χ2n) is 7.66. The SMILES string of the molecule is O=C1C(=C2C(=O)N(Cc3ccc(Cl)cc3)c3ccccc32)SC(=S)N1CC1CCCO1. The summed E-state index contributed by atoms with van der Waals surface area (Å²) in [6.07, 6.45) is 1.91. The molecule has 1 unspecified atom stereocenters. The number of amides is 2. The van der Waals surface area contributed by atoms with Crippen molar-refractivity contribution in [2.24, 2.45) is 0 Å². The third kappa shape index (κ3) is 3.80. The Hall–Kier alpha value is -2.19. The molecule has 0 aromatic heterocycles. The van der Waals surface area contributed by atoms with Crippen molar-refractivity contribution in [1.29, 1.82) is 0 Å². The van der Waals surface area contributed by atoms with Gasteiger partial charge in [0.1, 0.15) is 4.32 Å². The zero-order chi connectivity index (χ0) is 21.5. The van der Waals surface area contributed by atoms with Gasteiger partial charge in [0, 0.05) is 17.2 Å². The van der Waals surface area contributed by atoms with Crippen molar-refractivity contribution in [2.75, 3.05) is 18.1 Å². The minimum absolute atomic E-state index is 0.000168. The van der Waals surface area contributed by atoms with Crippen molar-refractivity contribution >= 4 is 63.0 Å². The van der Waals surface area contributed by atoms with Crippen LogP contribution in [0.4, 0.5) is 5.69 Å². The number of para-hydroxylation sites is 1. The topological polar surface area (TPSA) is 49.9 Å². The van der Waals surface area contributed by atoms with E-state index < -0.39 is 0 Å². The average Bonchev–Trinajstić information content (AvgIpc) is 3.45. The molecule has 5 nitrogen and oxygen atoms in total. The number of ether oxygens (including phenoxy) is 1. The molecule has 0 spiro atoms. The van der Waals surface area contributed by atoms with Gasteiger partial charge in [-0.15, -0.1) is 0 Å². The number of thiocarbonyl (C=S) groups is 1. The normalized spacial score (nSPS) is 23.3. The summed E-state index contributed by atoms with van der Waals surface area (Å²) in [7, 11) is 0. The fourth-order valence-electron chi connectivity index (χ4n) is 4.13. The molecule has 0 bridgehead atoms. The molecule has 2 aromatic rings. The van der Waals surface area contributed by atoms with Crippen molar-refractivity contribution < 1.29 is 14.3 Å². The van der Waals surface area contributed by atoms with Gasteiger partial charge in [0.15, 0.2) is 0 Å². The summed E-state index contributed by atoms with van der Waals surface area (Å²) in [4.78, 5) is 30.5. The van der Waals surface area contributed by atoms with Gasteiger partial charge in [-0.25, -0.2) is 0 Å². The molecule has 3 heterocycles. The van der Waals surface area contributed by atoms with Gasteiger partial charge in [0.2, 0.25) is 0 Å². The van der Waals surface area contributed by atoms with E-state index in [1.54, 1.807) is 21.9 Å². The lowest BCUT2D eigenvalue weighted by Crippen LogP contribution is -2.35. The van der Waals surface area contributed by atoms with Crippen molar-refractivity contribution in [3.8, 4) is 0 Å². The molecular weight excluding hydrogens is 452 g/mol. The van der Waals surface area contributed by atoms with E-state index in [9.17, 15) is 9.59 Å². The second-order valence-corrected chi connectivity index (χ2v) is 9.74. The van der Waals surface area contributed by atoms with Crippen molar-refractivity contribution in [3.63, 3.8) is 0 Å². The van der Waals surface area contributed by atoms with Crippen LogP contribution in [-0.4, -0.2) is 40.3 Å². The lowest BCUT2D eigenvalue weighted by molar-refractivity contribution is -0.123. The number of hydrogen-bond donors (Lipinski definition) is 0. The summed E-state index contributed by atoms with van der Waals surface area (Å²) in [6.45, 7) is 1.55. The van der Waals surface area contributed by atoms with E-state index >= 15 is 0 Å². The van der Waals surface area contributed by atoms with Crippen LogP contribution in [0.1, 0.15) is 24.0 Å². The fraction of sp³-hybridized carbons (Fsp3) is 0.261. The van der Waals surface area contributed by atoms with Crippen LogP contribution in [0.15, 0.2) is 53.4 Å². The summed E-state index contributed by atoms with van der Waals surface area (Å²) < 4.78 is 6.15. The van der Waals surface area contributed by atoms with Crippen molar-refractivity contribution in [3.05, 3.63) is 69.6 Å². The molecule has 8 heteroatoms. The second kappa shape index (κ2) is 8.39. The molecule has 0 radical (unpaired) electrons. The summed E-state index contributed by atoms with van der Waals surface area (Å²) >= 11 is 12.7. The maximum atomic E-state index is 13.5. The highest BCUT2D eigenvalue weighted by Gasteiger charge is 2.42. The maximum absolute atomic E-state index is 13.5. The Bertz CT molecular complexity index is 1110. The highest BCUT2D eigenvalue weighted by Crippen LogP contribution is 2.45. The van der Waals surface area contributed by atoms with Gasteiger partial charge in [0.05, 0.1) is 35.4 Å². The van der Waals surface area contributed by atoms with Gasteiger partial charge in [-0.05, 0) is 36.6 Å². The summed E-state index contributed by atoms with van der Waals surface area (Å²) in [5.41, 5.74) is 2.94. The molecule has 0 N–H and O–H groups in total. The van der Waals surface area contributed by atoms with E-state index in [1.807, 2.05) is 36.4 Å². The highest BCUT2D eigenvalue weighted by molar-refractivity contribution is 8.26. The van der Waals surface area contributed by atoms with Gasteiger partial charge < -0.3 is 9.64 Å². The van der Waals surface area contributed by atoms with E-state index in [0.717, 1.165) is 29.7 Å².